The summed E-state index contributed by atoms with van der Waals surface area (Å²) in [6.07, 6.45) is 1.02. The molecule has 2 saturated heterocycles. The van der Waals surface area contributed by atoms with E-state index in [1.165, 1.54) is 0 Å². The molecule has 2 aromatic rings. The molecule has 10 heteroatoms. The van der Waals surface area contributed by atoms with Gasteiger partial charge in [0, 0.05) is 26.2 Å². The standard InChI is InChI=1S/C16H23N3O3.C14H20N2O2/c1-16(2,3)22-15(21)17-12-14(20)19-11-7-10-18(19)13-8-5-4-6-9-13;1-14(2,3)18-13(17)16-11-7-10-15(16)12-8-5-4-6-9-12/h4-6,8-9H,7,10-12H2,1-3H3,(H,17,21);4-6,8-9H,7,10-11H2,1-3H3. The number of ether oxygens (including phenoxy) is 2. The maximum Gasteiger partial charge on any atom is 0.429 e. The Labute approximate surface area is 237 Å². The largest absolute Gasteiger partial charge is 0.444 e. The molecule has 2 aromatic carbocycles. The zero-order valence-electron chi connectivity index (χ0n) is 24.6. The second-order valence-corrected chi connectivity index (χ2v) is 11.6. The number of hydrogen-bond donors (Lipinski definition) is 1. The summed E-state index contributed by atoms with van der Waals surface area (Å²) >= 11 is 0. The normalized spacial score (nSPS) is 15.3. The first kappa shape index (κ1) is 30.6. The summed E-state index contributed by atoms with van der Waals surface area (Å²) in [7, 11) is 0. The molecule has 0 unspecified atom stereocenters. The second-order valence-electron chi connectivity index (χ2n) is 11.6. The van der Waals surface area contributed by atoms with Crippen LogP contribution in [-0.4, -0.2) is 72.0 Å². The van der Waals surface area contributed by atoms with Gasteiger partial charge in [0.05, 0.1) is 11.4 Å². The smallest absolute Gasteiger partial charge is 0.429 e. The second kappa shape index (κ2) is 13.4. The molecule has 0 bridgehead atoms. The van der Waals surface area contributed by atoms with Gasteiger partial charge in [-0.05, 0) is 78.6 Å². The number of amides is 3. The summed E-state index contributed by atoms with van der Waals surface area (Å²) in [5, 5.41) is 9.79. The number of benzene rings is 2. The Morgan fingerprint density at radius 3 is 1.60 bits per heavy atom. The lowest BCUT2D eigenvalue weighted by Crippen LogP contribution is -2.47. The lowest BCUT2D eigenvalue weighted by molar-refractivity contribution is -0.129. The van der Waals surface area contributed by atoms with E-state index in [0.29, 0.717) is 13.1 Å². The van der Waals surface area contributed by atoms with Crippen molar-refractivity contribution in [3.05, 3.63) is 60.7 Å². The topological polar surface area (TPSA) is 94.7 Å². The van der Waals surface area contributed by atoms with Crippen molar-refractivity contribution < 1.29 is 23.9 Å². The van der Waals surface area contributed by atoms with Gasteiger partial charge < -0.3 is 14.8 Å². The van der Waals surface area contributed by atoms with Crippen LogP contribution in [0.3, 0.4) is 0 Å². The number of rotatable bonds is 4. The lowest BCUT2D eigenvalue weighted by Gasteiger charge is -2.31. The fourth-order valence-corrected chi connectivity index (χ4v) is 4.28. The van der Waals surface area contributed by atoms with Crippen LogP contribution in [0.2, 0.25) is 0 Å². The van der Waals surface area contributed by atoms with Crippen molar-refractivity contribution in [3.63, 3.8) is 0 Å². The average molecular weight is 554 g/mol. The van der Waals surface area contributed by atoms with E-state index in [1.54, 1.807) is 30.8 Å². The Balaban J connectivity index is 0.000000225. The van der Waals surface area contributed by atoms with Crippen LogP contribution in [0.5, 0.6) is 0 Å². The van der Waals surface area contributed by atoms with Crippen LogP contribution in [0.15, 0.2) is 60.7 Å². The van der Waals surface area contributed by atoms with Crippen molar-refractivity contribution in [2.45, 2.75) is 65.6 Å². The summed E-state index contributed by atoms with van der Waals surface area (Å²) in [4.78, 5) is 36.0. The molecule has 2 fully saturated rings. The molecule has 0 atom stereocenters. The number of carbonyl (C=O) groups is 3. The number of para-hydroxylation sites is 2. The highest BCUT2D eigenvalue weighted by molar-refractivity contribution is 5.84. The van der Waals surface area contributed by atoms with Gasteiger partial charge in [-0.1, -0.05) is 36.4 Å². The Bertz CT molecular complexity index is 1110. The molecule has 3 amide bonds. The van der Waals surface area contributed by atoms with Crippen LogP contribution >= 0.6 is 0 Å². The highest BCUT2D eigenvalue weighted by Crippen LogP contribution is 2.23. The van der Waals surface area contributed by atoms with Crippen LogP contribution in [0.4, 0.5) is 21.0 Å². The van der Waals surface area contributed by atoms with E-state index in [4.69, 9.17) is 9.47 Å². The highest BCUT2D eigenvalue weighted by atomic mass is 16.6. The van der Waals surface area contributed by atoms with Gasteiger partial charge in [-0.3, -0.25) is 19.8 Å². The fraction of sp³-hybridized carbons (Fsp3) is 0.500. The Morgan fingerprint density at radius 1 is 0.675 bits per heavy atom. The molecule has 4 rings (SSSR count). The van der Waals surface area contributed by atoms with E-state index in [9.17, 15) is 14.4 Å². The molecule has 0 spiro atoms. The molecule has 0 aliphatic carbocycles. The predicted molar refractivity (Wildman–Crippen MR) is 156 cm³/mol. The van der Waals surface area contributed by atoms with Crippen molar-refractivity contribution in [1.82, 2.24) is 15.3 Å². The van der Waals surface area contributed by atoms with Gasteiger partial charge in [0.15, 0.2) is 0 Å². The van der Waals surface area contributed by atoms with Crippen molar-refractivity contribution in [3.8, 4) is 0 Å². The summed E-state index contributed by atoms with van der Waals surface area (Å²) < 4.78 is 10.5. The number of nitrogens with zero attached hydrogens (tertiary/aromatic N) is 4. The molecule has 2 aliphatic rings. The van der Waals surface area contributed by atoms with E-state index in [0.717, 1.165) is 37.3 Å². The quantitative estimate of drug-likeness (QED) is 0.555. The van der Waals surface area contributed by atoms with Crippen molar-refractivity contribution in [2.24, 2.45) is 0 Å². The Hall–Kier alpha value is -3.95. The van der Waals surface area contributed by atoms with Crippen molar-refractivity contribution in [1.29, 1.82) is 0 Å². The molecule has 0 saturated carbocycles. The molecular formula is C30H43N5O5. The molecule has 0 aromatic heterocycles. The molecule has 2 heterocycles. The summed E-state index contributed by atoms with van der Waals surface area (Å²) in [5.74, 6) is -0.146. The summed E-state index contributed by atoms with van der Waals surface area (Å²) in [6.45, 7) is 13.9. The lowest BCUT2D eigenvalue weighted by atomic mass is 10.2. The highest BCUT2D eigenvalue weighted by Gasteiger charge is 2.31. The van der Waals surface area contributed by atoms with Crippen LogP contribution in [0.1, 0.15) is 54.4 Å². The third kappa shape index (κ3) is 9.36. The molecule has 2 aliphatic heterocycles. The molecule has 1 N–H and O–H groups in total. The molecule has 0 radical (unpaired) electrons. The fourth-order valence-electron chi connectivity index (χ4n) is 4.28. The molecule has 10 nitrogen and oxygen atoms in total. The zero-order chi connectivity index (χ0) is 29.3. The number of anilines is 2. The zero-order valence-corrected chi connectivity index (χ0v) is 24.6. The first-order valence-electron chi connectivity index (χ1n) is 13.8. The number of carbonyl (C=O) groups excluding carboxylic acids is 3. The third-order valence-corrected chi connectivity index (χ3v) is 5.85. The monoisotopic (exact) mass is 553 g/mol. The van der Waals surface area contributed by atoms with E-state index in [1.807, 2.05) is 91.5 Å². The minimum atomic E-state index is -0.577. The minimum Gasteiger partial charge on any atom is -0.444 e. The summed E-state index contributed by atoms with van der Waals surface area (Å²) in [6, 6.07) is 19.7. The SMILES string of the molecule is CC(C)(C)OC(=O)N1CCCN1c1ccccc1.CC(C)(C)OC(=O)NCC(=O)N1CCCN1c1ccccc1. The van der Waals surface area contributed by atoms with Crippen LogP contribution in [0.25, 0.3) is 0 Å². The van der Waals surface area contributed by atoms with E-state index < -0.39 is 17.3 Å². The maximum atomic E-state index is 12.3. The first-order chi connectivity index (χ1) is 18.8. The van der Waals surface area contributed by atoms with Crippen molar-refractivity contribution in [2.75, 3.05) is 42.7 Å². The molecular weight excluding hydrogens is 510 g/mol. The average Bonchev–Trinajstić information content (AvgIpc) is 3.57. The van der Waals surface area contributed by atoms with E-state index >= 15 is 0 Å². The van der Waals surface area contributed by atoms with Gasteiger partial charge in [0.25, 0.3) is 5.91 Å². The van der Waals surface area contributed by atoms with Gasteiger partial charge in [0.2, 0.25) is 0 Å². The maximum absolute atomic E-state index is 12.3. The van der Waals surface area contributed by atoms with Crippen LogP contribution in [-0.2, 0) is 14.3 Å². The van der Waals surface area contributed by atoms with Gasteiger partial charge in [-0.2, -0.15) is 0 Å². The van der Waals surface area contributed by atoms with Crippen molar-refractivity contribution >= 4 is 29.5 Å². The van der Waals surface area contributed by atoms with Gasteiger partial charge in [-0.25, -0.2) is 14.6 Å². The molecule has 218 valence electrons. The number of hydrogen-bond acceptors (Lipinski definition) is 7. The first-order valence-corrected chi connectivity index (χ1v) is 13.8. The number of alkyl carbamates (subject to hydrolysis) is 1. The Kier molecular flexibility index (Phi) is 10.3. The Morgan fingerprint density at radius 2 is 1.12 bits per heavy atom. The van der Waals surface area contributed by atoms with Crippen LogP contribution < -0.4 is 15.3 Å². The van der Waals surface area contributed by atoms with Gasteiger partial charge >= 0.3 is 12.2 Å². The van der Waals surface area contributed by atoms with Gasteiger partial charge in [-0.15, -0.1) is 0 Å². The van der Waals surface area contributed by atoms with E-state index in [2.05, 4.69) is 5.32 Å². The summed E-state index contributed by atoms with van der Waals surface area (Å²) in [5.41, 5.74) is 0.977. The van der Waals surface area contributed by atoms with E-state index in [-0.39, 0.29) is 18.5 Å². The number of hydrazine groups is 2. The predicted octanol–water partition coefficient (Wildman–Crippen LogP) is 5.21. The molecule has 40 heavy (non-hydrogen) atoms. The van der Waals surface area contributed by atoms with Crippen LogP contribution in [0, 0.1) is 0 Å². The minimum absolute atomic E-state index is 0.0712. The van der Waals surface area contributed by atoms with Gasteiger partial charge in [0.1, 0.15) is 17.7 Å². The number of nitrogens with one attached hydrogen (secondary N) is 1. The third-order valence-electron chi connectivity index (χ3n) is 5.85.